The van der Waals surface area contributed by atoms with Crippen LogP contribution >= 0.6 is 0 Å². The molecule has 5 nitrogen and oxygen atoms in total. The van der Waals surface area contributed by atoms with Crippen LogP contribution in [0.4, 0.5) is 0 Å². The molecule has 0 amide bonds. The van der Waals surface area contributed by atoms with Crippen LogP contribution in [0.2, 0.25) is 0 Å². The molecule has 1 aromatic carbocycles. The summed E-state index contributed by atoms with van der Waals surface area (Å²) in [4.78, 5) is 7.32. The number of likely N-dealkylation sites (tertiary alicyclic amines) is 1. The molecule has 0 bridgehead atoms. The quantitative estimate of drug-likeness (QED) is 0.486. The molecule has 6 heteroatoms. The molecule has 0 spiro atoms. The summed E-state index contributed by atoms with van der Waals surface area (Å²) in [6.07, 6.45) is 2.99. The Morgan fingerprint density at radius 3 is 2.75 bits per heavy atom. The largest absolute Gasteiger partial charge is 0.357 e. The third kappa shape index (κ3) is 5.51. The lowest BCUT2D eigenvalue weighted by Gasteiger charge is -2.33. The number of rotatable bonds is 6. The van der Waals surface area contributed by atoms with E-state index in [4.69, 9.17) is 0 Å². The number of piperidine rings is 1. The van der Waals surface area contributed by atoms with Gasteiger partial charge in [0.2, 0.25) is 0 Å². The lowest BCUT2D eigenvalue weighted by Crippen LogP contribution is -2.46. The van der Waals surface area contributed by atoms with Crippen molar-refractivity contribution in [3.8, 4) is 0 Å². The highest BCUT2D eigenvalue weighted by atomic mass is 32.2. The van der Waals surface area contributed by atoms with Gasteiger partial charge in [-0.15, -0.1) is 0 Å². The molecule has 2 rings (SSSR count). The Morgan fingerprint density at radius 2 is 2.08 bits per heavy atom. The number of aliphatic imine (C=N–C) groups is 1. The minimum absolute atomic E-state index is 0.135. The maximum Gasteiger partial charge on any atom is 0.193 e. The molecule has 134 valence electrons. The molecule has 1 unspecified atom stereocenters. The van der Waals surface area contributed by atoms with Gasteiger partial charge in [0.05, 0.1) is 10.6 Å². The van der Waals surface area contributed by atoms with Crippen LogP contribution in [0.15, 0.2) is 40.2 Å². The summed E-state index contributed by atoms with van der Waals surface area (Å²) in [5, 5.41) is 3.33. The molecule has 1 fully saturated rings. The summed E-state index contributed by atoms with van der Waals surface area (Å²) in [6.45, 7) is 7.73. The minimum atomic E-state index is -3.21. The maximum absolute atomic E-state index is 12.3. The van der Waals surface area contributed by atoms with E-state index in [9.17, 15) is 8.42 Å². The van der Waals surface area contributed by atoms with Crippen molar-refractivity contribution in [2.45, 2.75) is 38.0 Å². The lowest BCUT2D eigenvalue weighted by atomic mass is 10.0. The number of hydrogen-bond acceptors (Lipinski definition) is 3. The summed E-state index contributed by atoms with van der Waals surface area (Å²) in [6, 6.07) is 8.64. The van der Waals surface area contributed by atoms with Gasteiger partial charge in [-0.2, -0.15) is 0 Å². The fourth-order valence-electron chi connectivity index (χ4n) is 2.99. The van der Waals surface area contributed by atoms with Gasteiger partial charge in [0.25, 0.3) is 0 Å². The number of nitrogens with one attached hydrogen (secondary N) is 1. The van der Waals surface area contributed by atoms with Crippen LogP contribution in [0.5, 0.6) is 0 Å². The Hall–Kier alpha value is -1.56. The van der Waals surface area contributed by atoms with Gasteiger partial charge in [0.1, 0.15) is 0 Å². The van der Waals surface area contributed by atoms with Crippen LogP contribution in [0.3, 0.4) is 0 Å². The topological polar surface area (TPSA) is 61.8 Å². The van der Waals surface area contributed by atoms with Gasteiger partial charge in [-0.1, -0.05) is 25.1 Å². The van der Waals surface area contributed by atoms with Crippen molar-refractivity contribution in [2.24, 2.45) is 10.9 Å². The van der Waals surface area contributed by atoms with Crippen LogP contribution in [0.1, 0.15) is 33.1 Å². The molecule has 0 aliphatic carbocycles. The second-order valence-electron chi connectivity index (χ2n) is 6.41. The second kappa shape index (κ2) is 9.06. The van der Waals surface area contributed by atoms with E-state index in [0.717, 1.165) is 25.6 Å². The number of hydrogen-bond donors (Lipinski definition) is 1. The van der Waals surface area contributed by atoms with E-state index in [2.05, 4.69) is 29.1 Å². The normalized spacial score (nSPS) is 19.3. The molecule has 1 saturated heterocycles. The average Bonchev–Trinajstić information content (AvgIpc) is 2.58. The van der Waals surface area contributed by atoms with Crippen LogP contribution in [0, 0.1) is 5.92 Å². The Morgan fingerprint density at radius 1 is 1.33 bits per heavy atom. The van der Waals surface area contributed by atoms with E-state index >= 15 is 0 Å². The van der Waals surface area contributed by atoms with E-state index in [-0.39, 0.29) is 5.75 Å². The molecule has 1 N–H and O–H groups in total. The Bertz CT molecular complexity index is 629. The van der Waals surface area contributed by atoms with Gasteiger partial charge in [0, 0.05) is 26.2 Å². The smallest absolute Gasteiger partial charge is 0.193 e. The number of nitrogens with zero attached hydrogens (tertiary/aromatic N) is 2. The Labute approximate surface area is 146 Å². The zero-order valence-electron chi connectivity index (χ0n) is 14.7. The molecule has 0 aromatic heterocycles. The highest BCUT2D eigenvalue weighted by molar-refractivity contribution is 7.91. The molecular weight excluding hydrogens is 322 g/mol. The molecular formula is C18H29N3O2S. The monoisotopic (exact) mass is 351 g/mol. The van der Waals surface area contributed by atoms with Gasteiger partial charge < -0.3 is 10.2 Å². The third-order valence-electron chi connectivity index (χ3n) is 4.23. The Kier molecular flexibility index (Phi) is 7.09. The first kappa shape index (κ1) is 18.8. The number of sulfone groups is 1. The third-order valence-corrected chi connectivity index (χ3v) is 6.04. The maximum atomic E-state index is 12.3. The van der Waals surface area contributed by atoms with Crippen LogP contribution in [-0.2, 0) is 9.84 Å². The van der Waals surface area contributed by atoms with Gasteiger partial charge >= 0.3 is 0 Å². The molecule has 24 heavy (non-hydrogen) atoms. The first-order valence-corrected chi connectivity index (χ1v) is 10.5. The van der Waals surface area contributed by atoms with Crippen molar-refractivity contribution in [1.82, 2.24) is 10.2 Å². The zero-order valence-corrected chi connectivity index (χ0v) is 15.6. The van der Waals surface area contributed by atoms with E-state index < -0.39 is 9.84 Å². The second-order valence-corrected chi connectivity index (χ2v) is 8.52. The van der Waals surface area contributed by atoms with Gasteiger partial charge in [-0.25, -0.2) is 8.42 Å². The van der Waals surface area contributed by atoms with E-state index in [1.807, 2.05) is 6.07 Å². The van der Waals surface area contributed by atoms with Crippen molar-refractivity contribution in [2.75, 3.05) is 31.9 Å². The molecule has 0 radical (unpaired) electrons. The van der Waals surface area contributed by atoms with Crippen molar-refractivity contribution >= 4 is 15.8 Å². The predicted molar refractivity (Wildman–Crippen MR) is 99.1 cm³/mol. The van der Waals surface area contributed by atoms with Crippen molar-refractivity contribution in [3.63, 3.8) is 0 Å². The van der Waals surface area contributed by atoms with Gasteiger partial charge in [-0.05, 0) is 44.2 Å². The fraction of sp³-hybridized carbons (Fsp3) is 0.611. The lowest BCUT2D eigenvalue weighted by molar-refractivity contribution is 0.266. The van der Waals surface area contributed by atoms with Crippen LogP contribution in [-0.4, -0.2) is 51.2 Å². The molecule has 1 atom stereocenters. The fourth-order valence-corrected chi connectivity index (χ4v) is 4.31. The molecule has 1 aliphatic heterocycles. The summed E-state index contributed by atoms with van der Waals surface area (Å²) < 4.78 is 24.5. The van der Waals surface area contributed by atoms with E-state index in [1.165, 1.54) is 12.8 Å². The molecule has 1 aromatic rings. The van der Waals surface area contributed by atoms with E-state index in [0.29, 0.717) is 23.8 Å². The summed E-state index contributed by atoms with van der Waals surface area (Å²) >= 11 is 0. The first-order chi connectivity index (χ1) is 11.5. The highest BCUT2D eigenvalue weighted by Crippen LogP contribution is 2.15. The SMILES string of the molecule is CCNC(=NCCCS(=O)(=O)c1ccccc1)N1CCCC(C)C1. The van der Waals surface area contributed by atoms with Gasteiger partial charge in [0.15, 0.2) is 15.8 Å². The summed E-state index contributed by atoms with van der Waals surface area (Å²) in [5.74, 6) is 1.73. The molecule has 0 saturated carbocycles. The molecule has 1 aliphatic rings. The first-order valence-electron chi connectivity index (χ1n) is 8.84. The average molecular weight is 352 g/mol. The van der Waals surface area contributed by atoms with Crippen molar-refractivity contribution in [1.29, 1.82) is 0 Å². The number of benzene rings is 1. The molecule has 1 heterocycles. The zero-order chi connectivity index (χ0) is 17.4. The minimum Gasteiger partial charge on any atom is -0.357 e. The summed E-state index contributed by atoms with van der Waals surface area (Å²) in [5.41, 5.74) is 0. The van der Waals surface area contributed by atoms with Crippen molar-refractivity contribution < 1.29 is 8.42 Å². The standard InChI is InChI=1S/C18H29N3O2S/c1-3-19-18(21-13-7-9-16(2)15-21)20-12-8-14-24(22,23)17-10-5-4-6-11-17/h4-6,10-11,16H,3,7-9,12-15H2,1-2H3,(H,19,20). The Balaban J connectivity index is 1.90. The van der Waals surface area contributed by atoms with Crippen LogP contribution < -0.4 is 5.32 Å². The predicted octanol–water partition coefficient (Wildman–Crippen LogP) is 2.55. The van der Waals surface area contributed by atoms with Crippen LogP contribution in [0.25, 0.3) is 0 Å². The number of guanidine groups is 1. The summed E-state index contributed by atoms with van der Waals surface area (Å²) in [7, 11) is -3.21. The van der Waals surface area contributed by atoms with Crippen molar-refractivity contribution in [3.05, 3.63) is 30.3 Å². The van der Waals surface area contributed by atoms with Gasteiger partial charge in [-0.3, -0.25) is 4.99 Å². The van der Waals surface area contributed by atoms with E-state index in [1.54, 1.807) is 24.3 Å². The highest BCUT2D eigenvalue weighted by Gasteiger charge is 2.19.